The standard InChI is InChI=1S/C30H44N2O3/c1-4-6-8-10-11-13-15-26-16-18-27(19-17-26)31-32-28-20-22-29(23-21-28)35-30(33)25(3)34-24-14-12-9-7-5-2/h16-23,25H,4-15,24H2,1-3H3/b32-31+. The van der Waals surface area contributed by atoms with Crippen LogP contribution in [-0.2, 0) is 16.0 Å². The van der Waals surface area contributed by atoms with E-state index in [2.05, 4.69) is 36.2 Å². The molecule has 0 heterocycles. The van der Waals surface area contributed by atoms with Crippen LogP contribution in [0.15, 0.2) is 58.8 Å². The van der Waals surface area contributed by atoms with Gasteiger partial charge >= 0.3 is 5.97 Å². The average Bonchev–Trinajstić information content (AvgIpc) is 2.88. The normalized spacial score (nSPS) is 12.2. The van der Waals surface area contributed by atoms with Crippen LogP contribution in [0.25, 0.3) is 0 Å². The van der Waals surface area contributed by atoms with Crippen molar-refractivity contribution < 1.29 is 14.3 Å². The molecule has 192 valence electrons. The third kappa shape index (κ3) is 12.7. The maximum absolute atomic E-state index is 12.2. The van der Waals surface area contributed by atoms with Gasteiger partial charge in [0, 0.05) is 6.61 Å². The van der Waals surface area contributed by atoms with Gasteiger partial charge in [0.2, 0.25) is 0 Å². The predicted molar refractivity (Wildman–Crippen MR) is 144 cm³/mol. The van der Waals surface area contributed by atoms with Crippen molar-refractivity contribution in [3.63, 3.8) is 0 Å². The monoisotopic (exact) mass is 480 g/mol. The summed E-state index contributed by atoms with van der Waals surface area (Å²) in [5, 5.41) is 8.62. The van der Waals surface area contributed by atoms with Gasteiger partial charge < -0.3 is 9.47 Å². The summed E-state index contributed by atoms with van der Waals surface area (Å²) in [7, 11) is 0. The van der Waals surface area contributed by atoms with Gasteiger partial charge in [-0.25, -0.2) is 4.79 Å². The van der Waals surface area contributed by atoms with Gasteiger partial charge in [-0.2, -0.15) is 10.2 Å². The molecule has 35 heavy (non-hydrogen) atoms. The highest BCUT2D eigenvalue weighted by Gasteiger charge is 2.15. The first-order chi connectivity index (χ1) is 17.1. The number of carbonyl (C=O) groups excluding carboxylic acids is 1. The quantitative estimate of drug-likeness (QED) is 0.0924. The van der Waals surface area contributed by atoms with Gasteiger partial charge in [0.25, 0.3) is 0 Å². The van der Waals surface area contributed by atoms with E-state index in [1.54, 1.807) is 31.2 Å². The molecule has 0 amide bonds. The minimum Gasteiger partial charge on any atom is -0.425 e. The molecule has 2 rings (SSSR count). The highest BCUT2D eigenvalue weighted by Crippen LogP contribution is 2.22. The Morgan fingerprint density at radius 2 is 1.23 bits per heavy atom. The van der Waals surface area contributed by atoms with E-state index in [1.165, 1.54) is 63.4 Å². The van der Waals surface area contributed by atoms with Crippen LogP contribution < -0.4 is 4.74 Å². The summed E-state index contributed by atoms with van der Waals surface area (Å²) >= 11 is 0. The van der Waals surface area contributed by atoms with Crippen LogP contribution in [0.1, 0.15) is 97.0 Å². The minimum absolute atomic E-state index is 0.381. The van der Waals surface area contributed by atoms with E-state index in [9.17, 15) is 4.79 Å². The van der Waals surface area contributed by atoms with Crippen LogP contribution in [0.3, 0.4) is 0 Å². The van der Waals surface area contributed by atoms with Gasteiger partial charge in [-0.1, -0.05) is 83.8 Å². The third-order valence-corrected chi connectivity index (χ3v) is 6.04. The number of azo groups is 1. The van der Waals surface area contributed by atoms with Crippen LogP contribution in [0.5, 0.6) is 5.75 Å². The molecule has 0 radical (unpaired) electrons. The second kappa shape index (κ2) is 17.8. The molecule has 0 aliphatic rings. The summed E-state index contributed by atoms with van der Waals surface area (Å²) in [6, 6.07) is 15.3. The van der Waals surface area contributed by atoms with Gasteiger partial charge in [0.1, 0.15) is 5.75 Å². The van der Waals surface area contributed by atoms with E-state index in [1.807, 2.05) is 12.1 Å². The van der Waals surface area contributed by atoms with E-state index < -0.39 is 6.10 Å². The number of unbranched alkanes of at least 4 members (excludes halogenated alkanes) is 9. The molecule has 0 fully saturated rings. The smallest absolute Gasteiger partial charge is 0.340 e. The van der Waals surface area contributed by atoms with Crippen molar-refractivity contribution >= 4 is 17.3 Å². The van der Waals surface area contributed by atoms with Gasteiger partial charge in [0.15, 0.2) is 6.10 Å². The van der Waals surface area contributed by atoms with Crippen LogP contribution in [0.4, 0.5) is 11.4 Å². The average molecular weight is 481 g/mol. The van der Waals surface area contributed by atoms with Gasteiger partial charge in [-0.15, -0.1) is 0 Å². The lowest BCUT2D eigenvalue weighted by Gasteiger charge is -2.12. The largest absolute Gasteiger partial charge is 0.425 e. The molecule has 1 atom stereocenters. The highest BCUT2D eigenvalue weighted by molar-refractivity contribution is 5.76. The Morgan fingerprint density at radius 3 is 1.83 bits per heavy atom. The first-order valence-corrected chi connectivity index (χ1v) is 13.6. The van der Waals surface area contributed by atoms with Crippen molar-refractivity contribution in [2.75, 3.05) is 6.61 Å². The molecule has 2 aromatic carbocycles. The first kappa shape index (κ1) is 28.7. The van der Waals surface area contributed by atoms with Gasteiger partial charge in [0.05, 0.1) is 11.4 Å². The first-order valence-electron chi connectivity index (χ1n) is 13.6. The molecule has 2 aromatic rings. The Hall–Kier alpha value is -2.53. The molecule has 0 saturated heterocycles. The molecule has 0 aliphatic heterocycles. The molecule has 0 aromatic heterocycles. The van der Waals surface area contributed by atoms with Crippen molar-refractivity contribution in [1.29, 1.82) is 0 Å². The highest BCUT2D eigenvalue weighted by atomic mass is 16.6. The number of carbonyl (C=O) groups is 1. The Balaban J connectivity index is 1.71. The number of hydrogen-bond acceptors (Lipinski definition) is 5. The summed E-state index contributed by atoms with van der Waals surface area (Å²) in [5.74, 6) is 0.0976. The van der Waals surface area contributed by atoms with Crippen molar-refractivity contribution in [2.45, 2.75) is 104 Å². The fourth-order valence-corrected chi connectivity index (χ4v) is 3.77. The summed E-state index contributed by atoms with van der Waals surface area (Å²) in [6.45, 7) is 6.76. The molecule has 5 heteroatoms. The molecule has 0 saturated carbocycles. The summed E-state index contributed by atoms with van der Waals surface area (Å²) in [5.41, 5.74) is 2.88. The van der Waals surface area contributed by atoms with Crippen LogP contribution in [-0.4, -0.2) is 18.7 Å². The number of rotatable bonds is 18. The van der Waals surface area contributed by atoms with Crippen molar-refractivity contribution in [1.82, 2.24) is 0 Å². The van der Waals surface area contributed by atoms with E-state index in [0.29, 0.717) is 18.0 Å². The summed E-state index contributed by atoms with van der Waals surface area (Å²) in [4.78, 5) is 12.2. The maximum atomic E-state index is 12.2. The Morgan fingerprint density at radius 1 is 0.714 bits per heavy atom. The Labute approximate surface area is 212 Å². The summed E-state index contributed by atoms with van der Waals surface area (Å²) in [6.07, 6.45) is 14.2. The number of benzene rings is 2. The molecule has 1 unspecified atom stereocenters. The number of aryl methyl sites for hydroxylation is 1. The molecule has 0 aliphatic carbocycles. The second-order valence-electron chi connectivity index (χ2n) is 9.23. The number of nitrogens with zero attached hydrogens (tertiary/aromatic N) is 2. The van der Waals surface area contributed by atoms with E-state index in [-0.39, 0.29) is 5.97 Å². The number of hydrogen-bond donors (Lipinski definition) is 0. The predicted octanol–water partition coefficient (Wildman–Crippen LogP) is 9.29. The minimum atomic E-state index is -0.579. The molecular weight excluding hydrogens is 436 g/mol. The molecular formula is C30H44N2O3. The van der Waals surface area contributed by atoms with E-state index in [4.69, 9.17) is 9.47 Å². The van der Waals surface area contributed by atoms with Crippen molar-refractivity contribution in [3.8, 4) is 5.75 Å². The van der Waals surface area contributed by atoms with Crippen molar-refractivity contribution in [2.24, 2.45) is 10.2 Å². The number of ether oxygens (including phenoxy) is 2. The molecule has 5 nitrogen and oxygen atoms in total. The molecule has 0 bridgehead atoms. The Kier molecular flexibility index (Phi) is 14.6. The fourth-order valence-electron chi connectivity index (χ4n) is 3.77. The van der Waals surface area contributed by atoms with Crippen molar-refractivity contribution in [3.05, 3.63) is 54.1 Å². The van der Waals surface area contributed by atoms with Crippen LogP contribution in [0.2, 0.25) is 0 Å². The summed E-state index contributed by atoms with van der Waals surface area (Å²) < 4.78 is 11.0. The SMILES string of the molecule is CCCCCCCCc1ccc(/N=N/c2ccc(OC(=O)C(C)OCCCCCCC)cc2)cc1. The lowest BCUT2D eigenvalue weighted by molar-refractivity contribution is -0.146. The zero-order valence-electron chi connectivity index (χ0n) is 22.0. The third-order valence-electron chi connectivity index (χ3n) is 6.04. The Bertz CT molecular complexity index is 847. The maximum Gasteiger partial charge on any atom is 0.340 e. The van der Waals surface area contributed by atoms with Gasteiger partial charge in [-0.05, 0) is 68.1 Å². The number of esters is 1. The zero-order valence-corrected chi connectivity index (χ0v) is 22.0. The van der Waals surface area contributed by atoms with Crippen LogP contribution >= 0.6 is 0 Å². The topological polar surface area (TPSA) is 60.2 Å². The lowest BCUT2D eigenvalue weighted by Crippen LogP contribution is -2.26. The van der Waals surface area contributed by atoms with Crippen LogP contribution in [0, 0.1) is 0 Å². The zero-order chi connectivity index (χ0) is 25.1. The van der Waals surface area contributed by atoms with E-state index >= 15 is 0 Å². The fraction of sp³-hybridized carbons (Fsp3) is 0.567. The molecule has 0 spiro atoms. The van der Waals surface area contributed by atoms with Gasteiger partial charge in [-0.3, -0.25) is 0 Å². The van der Waals surface area contributed by atoms with E-state index in [0.717, 1.165) is 24.9 Å². The lowest BCUT2D eigenvalue weighted by atomic mass is 10.0. The molecule has 0 N–H and O–H groups in total. The second-order valence-corrected chi connectivity index (χ2v) is 9.23.